The monoisotopic (exact) mass is 297 g/mol. The minimum absolute atomic E-state index is 0.0155. The molecule has 0 aromatic heterocycles. The molecular formula is C14H20BrNO. The lowest BCUT2D eigenvalue weighted by molar-refractivity contribution is -0.118. The molecule has 0 saturated heterocycles. The quantitative estimate of drug-likeness (QED) is 0.818. The van der Waals surface area contributed by atoms with Crippen LogP contribution >= 0.6 is 15.9 Å². The molecule has 0 saturated carbocycles. The van der Waals surface area contributed by atoms with Gasteiger partial charge in [-0.05, 0) is 30.5 Å². The minimum Gasteiger partial charge on any atom is -0.326 e. The first kappa shape index (κ1) is 14.2. The SMILES string of the molecule is CCC(Br)Cc1ccc(NC(=O)C(C)C)cc1. The molecule has 17 heavy (non-hydrogen) atoms. The third kappa shape index (κ3) is 4.90. The summed E-state index contributed by atoms with van der Waals surface area (Å²) < 4.78 is 0. The molecule has 1 unspecified atom stereocenters. The van der Waals surface area contributed by atoms with Crippen molar-refractivity contribution in [3.63, 3.8) is 0 Å². The van der Waals surface area contributed by atoms with E-state index in [1.807, 2.05) is 26.0 Å². The molecule has 1 N–H and O–H groups in total. The van der Waals surface area contributed by atoms with Gasteiger partial charge in [0.1, 0.15) is 0 Å². The van der Waals surface area contributed by atoms with E-state index < -0.39 is 0 Å². The zero-order chi connectivity index (χ0) is 12.8. The van der Waals surface area contributed by atoms with E-state index in [1.165, 1.54) is 5.56 Å². The third-order valence-corrected chi connectivity index (χ3v) is 3.62. The number of alkyl halides is 1. The van der Waals surface area contributed by atoms with Crippen molar-refractivity contribution in [2.75, 3.05) is 5.32 Å². The number of hydrogen-bond donors (Lipinski definition) is 1. The molecule has 0 spiro atoms. The van der Waals surface area contributed by atoms with Crippen molar-refractivity contribution < 1.29 is 4.79 Å². The van der Waals surface area contributed by atoms with Gasteiger partial charge in [0.05, 0.1) is 0 Å². The summed E-state index contributed by atoms with van der Waals surface area (Å²) in [6.07, 6.45) is 2.14. The maximum atomic E-state index is 11.5. The number of amides is 1. The van der Waals surface area contributed by atoms with Crippen LogP contribution in [0.1, 0.15) is 32.8 Å². The summed E-state index contributed by atoms with van der Waals surface area (Å²) in [5.41, 5.74) is 2.16. The zero-order valence-electron chi connectivity index (χ0n) is 10.7. The molecule has 0 heterocycles. The highest BCUT2D eigenvalue weighted by Gasteiger charge is 2.07. The third-order valence-electron chi connectivity index (χ3n) is 2.65. The zero-order valence-corrected chi connectivity index (χ0v) is 12.3. The first-order valence-electron chi connectivity index (χ1n) is 6.06. The summed E-state index contributed by atoms with van der Waals surface area (Å²) in [6.45, 7) is 5.94. The molecular weight excluding hydrogens is 278 g/mol. The lowest BCUT2D eigenvalue weighted by atomic mass is 10.1. The molecule has 0 aliphatic heterocycles. The molecule has 0 aliphatic carbocycles. The predicted octanol–water partition coefficient (Wildman–Crippen LogP) is 4.00. The molecule has 1 aromatic carbocycles. The van der Waals surface area contributed by atoms with Crippen LogP contribution in [0, 0.1) is 5.92 Å². The molecule has 0 fully saturated rings. The van der Waals surface area contributed by atoms with Crippen molar-refractivity contribution in [3.8, 4) is 0 Å². The average molecular weight is 298 g/mol. The number of benzene rings is 1. The second-order valence-corrected chi connectivity index (χ2v) is 5.85. The number of carbonyl (C=O) groups excluding carboxylic acids is 1. The summed E-state index contributed by atoms with van der Waals surface area (Å²) in [4.78, 5) is 12.0. The van der Waals surface area contributed by atoms with E-state index in [0.717, 1.165) is 18.5 Å². The Hall–Kier alpha value is -0.830. The van der Waals surface area contributed by atoms with Crippen LogP contribution in [0.4, 0.5) is 5.69 Å². The van der Waals surface area contributed by atoms with Crippen molar-refractivity contribution in [2.45, 2.75) is 38.4 Å². The van der Waals surface area contributed by atoms with E-state index in [4.69, 9.17) is 0 Å². The van der Waals surface area contributed by atoms with E-state index in [1.54, 1.807) is 0 Å². The molecule has 1 aromatic rings. The van der Waals surface area contributed by atoms with Crippen LogP contribution in [0.5, 0.6) is 0 Å². The Balaban J connectivity index is 2.59. The van der Waals surface area contributed by atoms with E-state index in [-0.39, 0.29) is 11.8 Å². The molecule has 0 radical (unpaired) electrons. The number of carbonyl (C=O) groups is 1. The highest BCUT2D eigenvalue weighted by Crippen LogP contribution is 2.16. The summed E-state index contributed by atoms with van der Waals surface area (Å²) in [6, 6.07) is 8.07. The van der Waals surface area contributed by atoms with Gasteiger partial charge in [0, 0.05) is 16.4 Å². The average Bonchev–Trinajstić information content (AvgIpc) is 2.31. The highest BCUT2D eigenvalue weighted by molar-refractivity contribution is 9.09. The molecule has 2 nitrogen and oxygen atoms in total. The van der Waals surface area contributed by atoms with Gasteiger partial charge in [-0.1, -0.05) is 48.8 Å². The Morgan fingerprint density at radius 2 is 1.88 bits per heavy atom. The maximum absolute atomic E-state index is 11.5. The Morgan fingerprint density at radius 3 is 2.35 bits per heavy atom. The number of hydrogen-bond acceptors (Lipinski definition) is 1. The van der Waals surface area contributed by atoms with Crippen molar-refractivity contribution in [3.05, 3.63) is 29.8 Å². The molecule has 1 amide bonds. The Bertz CT molecular complexity index is 359. The van der Waals surface area contributed by atoms with Gasteiger partial charge < -0.3 is 5.32 Å². The van der Waals surface area contributed by atoms with E-state index in [9.17, 15) is 4.79 Å². The Morgan fingerprint density at radius 1 is 1.29 bits per heavy atom. The standard InChI is InChI=1S/C14H20BrNO/c1-4-12(15)9-11-5-7-13(8-6-11)16-14(17)10(2)3/h5-8,10,12H,4,9H2,1-3H3,(H,16,17). The lowest BCUT2D eigenvalue weighted by Crippen LogP contribution is -2.17. The first-order chi connectivity index (χ1) is 8.02. The van der Waals surface area contributed by atoms with Crippen LogP contribution in [-0.2, 0) is 11.2 Å². The van der Waals surface area contributed by atoms with Gasteiger partial charge in [0.25, 0.3) is 0 Å². The van der Waals surface area contributed by atoms with Crippen molar-refractivity contribution in [2.24, 2.45) is 5.92 Å². The fraction of sp³-hybridized carbons (Fsp3) is 0.500. The fourth-order valence-corrected chi connectivity index (χ4v) is 1.78. The molecule has 3 heteroatoms. The topological polar surface area (TPSA) is 29.1 Å². The molecule has 1 atom stereocenters. The van der Waals surface area contributed by atoms with Gasteiger partial charge in [-0.25, -0.2) is 0 Å². The van der Waals surface area contributed by atoms with Gasteiger partial charge in [0.15, 0.2) is 0 Å². The van der Waals surface area contributed by atoms with E-state index in [2.05, 4.69) is 40.3 Å². The second kappa shape index (κ2) is 6.80. The van der Waals surface area contributed by atoms with Crippen LogP contribution in [0.3, 0.4) is 0 Å². The summed E-state index contributed by atoms with van der Waals surface area (Å²) in [5.74, 6) is 0.0753. The van der Waals surface area contributed by atoms with Gasteiger partial charge in [0.2, 0.25) is 5.91 Å². The van der Waals surface area contributed by atoms with Crippen LogP contribution < -0.4 is 5.32 Å². The minimum atomic E-state index is 0.0155. The number of rotatable bonds is 5. The van der Waals surface area contributed by atoms with Gasteiger partial charge in [-0.2, -0.15) is 0 Å². The number of anilines is 1. The number of nitrogens with one attached hydrogen (secondary N) is 1. The smallest absolute Gasteiger partial charge is 0.226 e. The Kier molecular flexibility index (Phi) is 5.69. The fourth-order valence-electron chi connectivity index (χ4n) is 1.41. The van der Waals surface area contributed by atoms with Gasteiger partial charge >= 0.3 is 0 Å². The maximum Gasteiger partial charge on any atom is 0.226 e. The molecule has 0 bridgehead atoms. The van der Waals surface area contributed by atoms with Crippen molar-refractivity contribution >= 4 is 27.5 Å². The molecule has 0 aliphatic rings. The van der Waals surface area contributed by atoms with Crippen LogP contribution in [0.15, 0.2) is 24.3 Å². The van der Waals surface area contributed by atoms with Crippen LogP contribution in [-0.4, -0.2) is 10.7 Å². The van der Waals surface area contributed by atoms with E-state index >= 15 is 0 Å². The first-order valence-corrected chi connectivity index (χ1v) is 6.98. The van der Waals surface area contributed by atoms with Crippen molar-refractivity contribution in [1.82, 2.24) is 0 Å². The summed E-state index contributed by atoms with van der Waals surface area (Å²) in [7, 11) is 0. The predicted molar refractivity (Wildman–Crippen MR) is 76.6 cm³/mol. The summed E-state index contributed by atoms with van der Waals surface area (Å²) in [5, 5.41) is 2.89. The molecule has 94 valence electrons. The number of halogens is 1. The van der Waals surface area contributed by atoms with Crippen molar-refractivity contribution in [1.29, 1.82) is 0 Å². The second-order valence-electron chi connectivity index (χ2n) is 4.55. The Labute approximate surface area is 112 Å². The van der Waals surface area contributed by atoms with Crippen LogP contribution in [0.2, 0.25) is 0 Å². The highest BCUT2D eigenvalue weighted by atomic mass is 79.9. The van der Waals surface area contributed by atoms with Gasteiger partial charge in [-0.15, -0.1) is 0 Å². The summed E-state index contributed by atoms with van der Waals surface area (Å²) >= 11 is 3.62. The largest absolute Gasteiger partial charge is 0.326 e. The van der Waals surface area contributed by atoms with Gasteiger partial charge in [-0.3, -0.25) is 4.79 Å². The normalized spacial score (nSPS) is 12.5. The van der Waals surface area contributed by atoms with E-state index in [0.29, 0.717) is 4.83 Å². The van der Waals surface area contributed by atoms with Crippen LogP contribution in [0.25, 0.3) is 0 Å². The lowest BCUT2D eigenvalue weighted by Gasteiger charge is -2.10. The molecule has 1 rings (SSSR count).